The highest BCUT2D eigenvalue weighted by Crippen LogP contribution is 2.24. The summed E-state index contributed by atoms with van der Waals surface area (Å²) in [7, 11) is 0. The molecule has 2 aliphatic rings. The molecule has 1 aromatic rings. The van der Waals surface area contributed by atoms with Gasteiger partial charge in [0.2, 0.25) is 5.91 Å². The minimum absolute atomic E-state index is 0.282. The molecule has 1 aliphatic carbocycles. The number of allylic oxidation sites excluding steroid dienone is 2. The third-order valence-electron chi connectivity index (χ3n) is 5.63. The Labute approximate surface area is 157 Å². The van der Waals surface area contributed by atoms with Crippen molar-refractivity contribution in [1.29, 1.82) is 0 Å². The third-order valence-corrected chi connectivity index (χ3v) is 5.63. The average molecular weight is 354 g/mol. The standard InChI is InChI=1S/C22H31N3O/c1-17-7-8-21(18(2)15-17)24-13-14-25(19(3)16-24)22(26)6-4-5-20-9-11-23-12-10-20/h7-12,15,18-19,21H,4-6,13-14,16H2,1-3H3/t18?,19-,21?/m0/s1. The molecule has 0 bridgehead atoms. The fourth-order valence-electron chi connectivity index (χ4n) is 4.21. The van der Waals surface area contributed by atoms with Gasteiger partial charge in [-0.2, -0.15) is 0 Å². The van der Waals surface area contributed by atoms with Crippen LogP contribution in [0.4, 0.5) is 0 Å². The lowest BCUT2D eigenvalue weighted by Gasteiger charge is -2.44. The molecule has 0 radical (unpaired) electrons. The number of nitrogens with zero attached hydrogens (tertiary/aromatic N) is 3. The van der Waals surface area contributed by atoms with Gasteiger partial charge >= 0.3 is 0 Å². The van der Waals surface area contributed by atoms with Crippen LogP contribution in [0.3, 0.4) is 0 Å². The van der Waals surface area contributed by atoms with E-state index in [1.54, 1.807) is 0 Å². The molecule has 1 aromatic heterocycles. The smallest absolute Gasteiger partial charge is 0.222 e. The molecule has 2 unspecified atom stereocenters. The summed E-state index contributed by atoms with van der Waals surface area (Å²) in [6.45, 7) is 9.41. The van der Waals surface area contributed by atoms with Crippen LogP contribution >= 0.6 is 0 Å². The highest BCUT2D eigenvalue weighted by Gasteiger charge is 2.32. The number of carbonyl (C=O) groups is 1. The number of rotatable bonds is 5. The summed E-state index contributed by atoms with van der Waals surface area (Å²) in [5, 5.41) is 0. The van der Waals surface area contributed by atoms with Gasteiger partial charge in [-0.1, -0.05) is 30.7 Å². The maximum atomic E-state index is 12.7. The molecule has 1 saturated heterocycles. The number of hydrogen-bond donors (Lipinski definition) is 0. The molecule has 1 fully saturated rings. The van der Waals surface area contributed by atoms with Crippen molar-refractivity contribution in [2.45, 2.75) is 52.1 Å². The van der Waals surface area contributed by atoms with E-state index in [2.05, 4.69) is 53.8 Å². The summed E-state index contributed by atoms with van der Waals surface area (Å²) < 4.78 is 0. The van der Waals surface area contributed by atoms with E-state index in [-0.39, 0.29) is 6.04 Å². The van der Waals surface area contributed by atoms with Crippen LogP contribution in [0, 0.1) is 5.92 Å². The Kier molecular flexibility index (Phi) is 6.25. The van der Waals surface area contributed by atoms with Crippen molar-refractivity contribution in [1.82, 2.24) is 14.8 Å². The Morgan fingerprint density at radius 3 is 2.69 bits per heavy atom. The first-order valence-corrected chi connectivity index (χ1v) is 9.83. The molecule has 4 nitrogen and oxygen atoms in total. The first-order chi connectivity index (χ1) is 12.5. The molecule has 1 amide bonds. The largest absolute Gasteiger partial charge is 0.337 e. The number of carbonyl (C=O) groups excluding carboxylic acids is 1. The Morgan fingerprint density at radius 2 is 2.00 bits per heavy atom. The highest BCUT2D eigenvalue weighted by molar-refractivity contribution is 5.76. The maximum absolute atomic E-state index is 12.7. The Balaban J connectivity index is 1.47. The number of aromatic nitrogens is 1. The van der Waals surface area contributed by atoms with Crippen molar-refractivity contribution in [2.75, 3.05) is 19.6 Å². The predicted octanol–water partition coefficient (Wildman–Crippen LogP) is 3.46. The van der Waals surface area contributed by atoms with Crippen LogP contribution in [-0.2, 0) is 11.2 Å². The zero-order valence-corrected chi connectivity index (χ0v) is 16.3. The minimum atomic E-state index is 0.282. The molecule has 4 heteroatoms. The predicted molar refractivity (Wildman–Crippen MR) is 106 cm³/mol. The summed E-state index contributed by atoms with van der Waals surface area (Å²) in [4.78, 5) is 21.3. The zero-order chi connectivity index (χ0) is 18.5. The fraction of sp³-hybridized carbons (Fsp3) is 0.545. The number of pyridine rings is 1. The topological polar surface area (TPSA) is 36.4 Å². The molecule has 1 aliphatic heterocycles. The van der Waals surface area contributed by atoms with Gasteiger partial charge in [0.1, 0.15) is 0 Å². The average Bonchev–Trinajstić information content (AvgIpc) is 2.62. The van der Waals surface area contributed by atoms with Gasteiger partial charge < -0.3 is 4.90 Å². The van der Waals surface area contributed by atoms with Gasteiger partial charge in [0, 0.05) is 50.5 Å². The molecule has 26 heavy (non-hydrogen) atoms. The Hall–Kier alpha value is -1.94. The Morgan fingerprint density at radius 1 is 1.23 bits per heavy atom. The monoisotopic (exact) mass is 353 g/mol. The molecular weight excluding hydrogens is 322 g/mol. The first-order valence-electron chi connectivity index (χ1n) is 9.83. The summed E-state index contributed by atoms with van der Waals surface area (Å²) in [5.41, 5.74) is 2.61. The van der Waals surface area contributed by atoms with Crippen molar-refractivity contribution < 1.29 is 4.79 Å². The first kappa shape index (κ1) is 18.8. The van der Waals surface area contributed by atoms with E-state index in [0.29, 0.717) is 24.3 Å². The maximum Gasteiger partial charge on any atom is 0.222 e. The Bertz CT molecular complexity index is 667. The summed E-state index contributed by atoms with van der Waals surface area (Å²) in [6.07, 6.45) is 13.0. The van der Waals surface area contributed by atoms with Crippen LogP contribution in [-0.4, -0.2) is 52.4 Å². The molecular formula is C22H31N3O. The summed E-state index contributed by atoms with van der Waals surface area (Å²) in [6, 6.07) is 4.80. The van der Waals surface area contributed by atoms with Crippen molar-refractivity contribution in [3.05, 3.63) is 53.9 Å². The zero-order valence-electron chi connectivity index (χ0n) is 16.3. The van der Waals surface area contributed by atoms with Crippen LogP contribution in [0.25, 0.3) is 0 Å². The van der Waals surface area contributed by atoms with Crippen molar-refractivity contribution in [3.63, 3.8) is 0 Å². The van der Waals surface area contributed by atoms with E-state index >= 15 is 0 Å². The lowest BCUT2D eigenvalue weighted by atomic mass is 9.91. The van der Waals surface area contributed by atoms with E-state index in [0.717, 1.165) is 32.5 Å². The van der Waals surface area contributed by atoms with Gasteiger partial charge in [-0.3, -0.25) is 14.7 Å². The van der Waals surface area contributed by atoms with Gasteiger partial charge in [0.15, 0.2) is 0 Å². The molecule has 140 valence electrons. The van der Waals surface area contributed by atoms with Gasteiger partial charge in [-0.15, -0.1) is 0 Å². The van der Waals surface area contributed by atoms with Gasteiger partial charge in [0.25, 0.3) is 0 Å². The number of aryl methyl sites for hydroxylation is 1. The van der Waals surface area contributed by atoms with E-state index in [1.165, 1.54) is 11.1 Å². The van der Waals surface area contributed by atoms with Crippen LogP contribution in [0.2, 0.25) is 0 Å². The fourth-order valence-corrected chi connectivity index (χ4v) is 4.21. The second kappa shape index (κ2) is 8.63. The van der Waals surface area contributed by atoms with Gasteiger partial charge in [0.05, 0.1) is 0 Å². The normalized spacial score (nSPS) is 26.7. The lowest BCUT2D eigenvalue weighted by Crippen LogP contribution is -2.57. The highest BCUT2D eigenvalue weighted by atomic mass is 16.2. The molecule has 0 aromatic carbocycles. The third kappa shape index (κ3) is 4.61. The SMILES string of the molecule is CC1=CC(C)C(N2CCN(C(=O)CCCc3ccncc3)[C@@H](C)C2)C=C1. The molecule has 2 heterocycles. The molecule has 0 spiro atoms. The number of hydrogen-bond acceptors (Lipinski definition) is 3. The van der Waals surface area contributed by atoms with Crippen molar-refractivity contribution in [3.8, 4) is 0 Å². The molecule has 3 rings (SSSR count). The van der Waals surface area contributed by atoms with Crippen LogP contribution in [0.1, 0.15) is 39.2 Å². The second-order valence-electron chi connectivity index (χ2n) is 7.76. The van der Waals surface area contributed by atoms with Crippen molar-refractivity contribution >= 4 is 5.91 Å². The molecule has 0 N–H and O–H groups in total. The van der Waals surface area contributed by atoms with Crippen molar-refractivity contribution in [2.24, 2.45) is 5.92 Å². The number of piperazine rings is 1. The van der Waals surface area contributed by atoms with Gasteiger partial charge in [-0.25, -0.2) is 0 Å². The second-order valence-corrected chi connectivity index (χ2v) is 7.76. The molecule has 0 saturated carbocycles. The number of amides is 1. The molecule has 3 atom stereocenters. The summed E-state index contributed by atoms with van der Waals surface area (Å²) >= 11 is 0. The van der Waals surface area contributed by atoms with Crippen LogP contribution in [0.15, 0.2) is 48.3 Å². The van der Waals surface area contributed by atoms with Gasteiger partial charge in [-0.05, 0) is 50.3 Å². The van der Waals surface area contributed by atoms with Crippen LogP contribution in [0.5, 0.6) is 0 Å². The van der Waals surface area contributed by atoms with E-state index in [9.17, 15) is 4.79 Å². The van der Waals surface area contributed by atoms with E-state index in [4.69, 9.17) is 0 Å². The van der Waals surface area contributed by atoms with E-state index < -0.39 is 0 Å². The lowest BCUT2D eigenvalue weighted by molar-refractivity contribution is -0.136. The quantitative estimate of drug-likeness (QED) is 0.813. The minimum Gasteiger partial charge on any atom is -0.337 e. The van der Waals surface area contributed by atoms with Crippen LogP contribution < -0.4 is 0 Å². The van der Waals surface area contributed by atoms with E-state index in [1.807, 2.05) is 24.5 Å². The summed E-state index contributed by atoms with van der Waals surface area (Å²) in [5.74, 6) is 0.837.